The number of hydrogen-bond acceptors (Lipinski definition) is 6. The molecule has 2 aromatic carbocycles. The molecule has 0 bridgehead atoms. The third-order valence-corrected chi connectivity index (χ3v) is 2.94. The molecule has 0 fully saturated rings. The van der Waals surface area contributed by atoms with Crippen molar-refractivity contribution in [3.8, 4) is 23.0 Å². The summed E-state index contributed by atoms with van der Waals surface area (Å²) in [6.45, 7) is -1.42. The molecule has 0 amide bonds. The van der Waals surface area contributed by atoms with Crippen LogP contribution in [0.1, 0.15) is 11.1 Å². The van der Waals surface area contributed by atoms with E-state index >= 15 is 0 Å². The second kappa shape index (κ2) is 6.57. The molecule has 9 heteroatoms. The summed E-state index contributed by atoms with van der Waals surface area (Å²) in [5.74, 6) is -1.41. The zero-order chi connectivity index (χ0) is 17.9. The Labute approximate surface area is 134 Å². The maximum atomic E-state index is 12.3. The van der Waals surface area contributed by atoms with Gasteiger partial charge in [-0.1, -0.05) is 0 Å². The van der Waals surface area contributed by atoms with Crippen molar-refractivity contribution in [2.24, 2.45) is 5.10 Å². The summed E-state index contributed by atoms with van der Waals surface area (Å²) in [6, 6.07) is 6.81. The number of halogens is 3. The number of benzene rings is 2. The van der Waals surface area contributed by atoms with Gasteiger partial charge < -0.3 is 25.9 Å². The van der Waals surface area contributed by atoms with Gasteiger partial charge in [0.2, 0.25) is 0 Å². The van der Waals surface area contributed by atoms with E-state index in [0.717, 1.165) is 12.1 Å². The van der Waals surface area contributed by atoms with Gasteiger partial charge >= 0.3 is 6.18 Å². The normalized spacial score (nSPS) is 11.1. The molecule has 0 aliphatic rings. The van der Waals surface area contributed by atoms with Crippen LogP contribution in [0, 0.1) is 0 Å². The molecular formula is C15H13F3N2O4. The van der Waals surface area contributed by atoms with E-state index in [0.29, 0.717) is 0 Å². The van der Waals surface area contributed by atoms with Crippen LogP contribution in [-0.4, -0.2) is 38.9 Å². The van der Waals surface area contributed by atoms with Crippen molar-refractivity contribution in [2.75, 3.05) is 6.54 Å². The fourth-order valence-corrected chi connectivity index (χ4v) is 1.91. The third-order valence-electron chi connectivity index (χ3n) is 2.94. The summed E-state index contributed by atoms with van der Waals surface area (Å²) in [5, 5.41) is 42.0. The van der Waals surface area contributed by atoms with Gasteiger partial charge in [0.25, 0.3) is 0 Å². The van der Waals surface area contributed by atoms with Crippen molar-refractivity contribution in [3.63, 3.8) is 0 Å². The molecule has 128 valence electrons. The van der Waals surface area contributed by atoms with Crippen molar-refractivity contribution in [1.82, 2.24) is 5.43 Å². The van der Waals surface area contributed by atoms with Gasteiger partial charge in [0, 0.05) is 23.3 Å². The van der Waals surface area contributed by atoms with Crippen LogP contribution in [0.5, 0.6) is 23.0 Å². The Morgan fingerprint density at radius 2 is 1.33 bits per heavy atom. The molecule has 0 aliphatic carbocycles. The number of aromatic hydroxyl groups is 4. The molecule has 0 aromatic heterocycles. The van der Waals surface area contributed by atoms with Crippen LogP contribution in [-0.2, 0) is 0 Å². The van der Waals surface area contributed by atoms with Gasteiger partial charge in [0.15, 0.2) is 0 Å². The van der Waals surface area contributed by atoms with Gasteiger partial charge in [0.05, 0.1) is 0 Å². The standard InChI is InChI=1S/C15H13F3N2O4/c16-15(17,18)7-19-20-14(10-3-1-8(21)5-12(10)23)11-4-2-9(22)6-13(11)24/h1-6,19,21-24H,7H2. The minimum atomic E-state index is -4.51. The Hall–Kier alpha value is -3.10. The quantitative estimate of drug-likeness (QED) is 0.433. The third kappa shape index (κ3) is 4.22. The Bertz CT molecular complexity index is 722. The number of rotatable bonds is 4. The van der Waals surface area contributed by atoms with E-state index in [2.05, 4.69) is 5.10 Å². The van der Waals surface area contributed by atoms with E-state index < -0.39 is 24.2 Å². The van der Waals surface area contributed by atoms with Crippen LogP contribution in [0.15, 0.2) is 41.5 Å². The van der Waals surface area contributed by atoms with Crippen LogP contribution in [0.2, 0.25) is 0 Å². The summed E-state index contributed by atoms with van der Waals surface area (Å²) < 4.78 is 36.8. The average molecular weight is 342 g/mol. The zero-order valence-electron chi connectivity index (χ0n) is 12.0. The number of nitrogens with zero attached hydrogens (tertiary/aromatic N) is 1. The van der Waals surface area contributed by atoms with Gasteiger partial charge in [0.1, 0.15) is 35.3 Å². The molecule has 6 nitrogen and oxygen atoms in total. The molecular weight excluding hydrogens is 329 g/mol. The van der Waals surface area contributed by atoms with Crippen LogP contribution >= 0.6 is 0 Å². The van der Waals surface area contributed by atoms with Crippen molar-refractivity contribution in [2.45, 2.75) is 6.18 Å². The maximum Gasteiger partial charge on any atom is 0.407 e. The minimum absolute atomic E-state index is 0.0246. The largest absolute Gasteiger partial charge is 0.508 e. The SMILES string of the molecule is Oc1ccc(C(=NNCC(F)(F)F)c2ccc(O)cc2O)c(O)c1. The Morgan fingerprint density at radius 3 is 1.71 bits per heavy atom. The summed E-state index contributed by atoms with van der Waals surface area (Å²) in [4.78, 5) is 0. The first-order chi connectivity index (χ1) is 11.2. The Morgan fingerprint density at radius 1 is 0.875 bits per heavy atom. The molecule has 0 radical (unpaired) electrons. The van der Waals surface area contributed by atoms with Crippen molar-refractivity contribution in [1.29, 1.82) is 0 Å². The lowest BCUT2D eigenvalue weighted by molar-refractivity contribution is -0.124. The highest BCUT2D eigenvalue weighted by molar-refractivity contribution is 6.15. The van der Waals surface area contributed by atoms with Crippen LogP contribution in [0.25, 0.3) is 0 Å². The number of phenolic OH excluding ortho intramolecular Hbond substituents is 4. The van der Waals surface area contributed by atoms with Crippen molar-refractivity contribution in [3.05, 3.63) is 47.5 Å². The average Bonchev–Trinajstić information content (AvgIpc) is 2.44. The summed E-state index contributed by atoms with van der Waals surface area (Å²) in [5.41, 5.74) is 1.57. The molecule has 0 heterocycles. The Kier molecular flexibility index (Phi) is 4.72. The van der Waals surface area contributed by atoms with E-state index in [4.69, 9.17) is 0 Å². The van der Waals surface area contributed by atoms with Crippen molar-refractivity contribution < 1.29 is 33.6 Å². The molecule has 0 saturated carbocycles. The lowest BCUT2D eigenvalue weighted by Crippen LogP contribution is -2.26. The molecule has 0 spiro atoms. The predicted molar refractivity (Wildman–Crippen MR) is 79.2 cm³/mol. The van der Waals surface area contributed by atoms with Gasteiger partial charge in [-0.15, -0.1) is 0 Å². The predicted octanol–water partition coefficient (Wildman–Crippen LogP) is 2.41. The number of hydrogen-bond donors (Lipinski definition) is 5. The molecule has 2 aromatic rings. The van der Waals surface area contributed by atoms with Gasteiger partial charge in [-0.2, -0.15) is 18.3 Å². The van der Waals surface area contributed by atoms with Crippen LogP contribution < -0.4 is 5.43 Å². The molecule has 0 atom stereocenters. The lowest BCUT2D eigenvalue weighted by Gasteiger charge is -2.13. The van der Waals surface area contributed by atoms with E-state index in [1.54, 1.807) is 0 Å². The van der Waals surface area contributed by atoms with Gasteiger partial charge in [-0.25, -0.2) is 0 Å². The van der Waals surface area contributed by atoms with Crippen molar-refractivity contribution >= 4 is 5.71 Å². The minimum Gasteiger partial charge on any atom is -0.508 e. The fourth-order valence-electron chi connectivity index (χ4n) is 1.91. The first kappa shape index (κ1) is 17.3. The van der Waals surface area contributed by atoms with Crippen LogP contribution in [0.3, 0.4) is 0 Å². The molecule has 2 rings (SSSR count). The van der Waals surface area contributed by atoms with E-state index in [-0.39, 0.29) is 28.3 Å². The molecule has 0 unspecified atom stereocenters. The highest BCUT2D eigenvalue weighted by Gasteiger charge is 2.27. The topological polar surface area (TPSA) is 105 Å². The molecule has 0 saturated heterocycles. The highest BCUT2D eigenvalue weighted by atomic mass is 19.4. The number of phenols is 4. The van der Waals surface area contributed by atoms with E-state index in [9.17, 15) is 33.6 Å². The fraction of sp³-hybridized carbons (Fsp3) is 0.133. The lowest BCUT2D eigenvalue weighted by atomic mass is 10.00. The van der Waals surface area contributed by atoms with E-state index in [1.165, 1.54) is 24.3 Å². The zero-order valence-corrected chi connectivity index (χ0v) is 12.0. The highest BCUT2D eigenvalue weighted by Crippen LogP contribution is 2.30. The van der Waals surface area contributed by atoms with Gasteiger partial charge in [-0.05, 0) is 24.3 Å². The number of hydrazone groups is 1. The Balaban J connectivity index is 2.50. The monoisotopic (exact) mass is 342 g/mol. The maximum absolute atomic E-state index is 12.3. The number of nitrogens with one attached hydrogen (secondary N) is 1. The summed E-state index contributed by atoms with van der Waals surface area (Å²) >= 11 is 0. The molecule has 5 N–H and O–H groups in total. The first-order valence-corrected chi connectivity index (χ1v) is 6.59. The number of alkyl halides is 3. The summed E-state index contributed by atoms with van der Waals surface area (Å²) in [7, 11) is 0. The van der Waals surface area contributed by atoms with Crippen LogP contribution in [0.4, 0.5) is 13.2 Å². The van der Waals surface area contributed by atoms with E-state index in [1.807, 2.05) is 5.43 Å². The molecule has 24 heavy (non-hydrogen) atoms. The molecule has 0 aliphatic heterocycles. The van der Waals surface area contributed by atoms with Gasteiger partial charge in [-0.3, -0.25) is 0 Å². The first-order valence-electron chi connectivity index (χ1n) is 6.59. The second-order valence-electron chi connectivity index (χ2n) is 4.81. The summed E-state index contributed by atoms with van der Waals surface area (Å²) in [6.07, 6.45) is -4.51. The second-order valence-corrected chi connectivity index (χ2v) is 4.81. The smallest absolute Gasteiger partial charge is 0.407 e.